The van der Waals surface area contributed by atoms with Gasteiger partial charge in [0, 0.05) is 30.9 Å². The summed E-state index contributed by atoms with van der Waals surface area (Å²) in [5.74, 6) is -2.31. The summed E-state index contributed by atoms with van der Waals surface area (Å²) in [5.41, 5.74) is -0.418. The molecule has 3 rings (SSSR count). The molecule has 1 unspecified atom stereocenters. The molecule has 0 spiro atoms. The number of carbonyl (C=O) groups excluding carboxylic acids is 2. The summed E-state index contributed by atoms with van der Waals surface area (Å²) in [6.45, 7) is 1.77. The van der Waals surface area contributed by atoms with Gasteiger partial charge in [-0.3, -0.25) is 9.59 Å². The van der Waals surface area contributed by atoms with Crippen LogP contribution in [-0.4, -0.2) is 28.3 Å². The van der Waals surface area contributed by atoms with Gasteiger partial charge in [0.1, 0.15) is 11.6 Å². The van der Waals surface area contributed by atoms with Crippen molar-refractivity contribution in [2.75, 3.05) is 11.4 Å². The quantitative estimate of drug-likeness (QED) is 0.827. The predicted molar refractivity (Wildman–Crippen MR) is 90.3 cm³/mol. The van der Waals surface area contributed by atoms with Crippen molar-refractivity contribution in [3.8, 4) is 0 Å². The van der Waals surface area contributed by atoms with E-state index >= 15 is 0 Å². The predicted octanol–water partition coefficient (Wildman–Crippen LogP) is 2.47. The van der Waals surface area contributed by atoms with Gasteiger partial charge < -0.3 is 10.2 Å². The minimum absolute atomic E-state index is 0.0189. The highest BCUT2D eigenvalue weighted by atomic mass is 35.5. The van der Waals surface area contributed by atoms with E-state index in [1.165, 1.54) is 11.1 Å². The molecule has 136 valence electrons. The zero-order chi connectivity index (χ0) is 18.9. The molecule has 9 heteroatoms. The van der Waals surface area contributed by atoms with Crippen molar-refractivity contribution in [2.24, 2.45) is 5.41 Å². The zero-order valence-corrected chi connectivity index (χ0v) is 14.6. The van der Waals surface area contributed by atoms with Gasteiger partial charge in [0.25, 0.3) is 0 Å². The van der Waals surface area contributed by atoms with Gasteiger partial charge in [-0.2, -0.15) is 0 Å². The molecule has 1 N–H and O–H groups in total. The van der Waals surface area contributed by atoms with Gasteiger partial charge in [0.05, 0.1) is 17.7 Å². The molecule has 1 aliphatic rings. The van der Waals surface area contributed by atoms with E-state index in [-0.39, 0.29) is 42.3 Å². The second-order valence-corrected chi connectivity index (χ2v) is 6.68. The standard InChI is InChI=1S/C17H15ClF2N4O2/c1-17(15(26)22-8-12-2-3-21-16(18)23-12)7-14(25)24(9-17)13-5-10(19)4-11(20)6-13/h2-6H,7-9H2,1H3,(H,22,26). The summed E-state index contributed by atoms with van der Waals surface area (Å²) in [6.07, 6.45) is 1.40. The smallest absolute Gasteiger partial charge is 0.228 e. The number of anilines is 1. The average molecular weight is 381 g/mol. The molecular formula is C17H15ClF2N4O2. The van der Waals surface area contributed by atoms with Crippen LogP contribution in [0.1, 0.15) is 19.0 Å². The maximum Gasteiger partial charge on any atom is 0.228 e. The van der Waals surface area contributed by atoms with Gasteiger partial charge in [-0.1, -0.05) is 0 Å². The minimum Gasteiger partial charge on any atom is -0.350 e. The van der Waals surface area contributed by atoms with E-state index in [9.17, 15) is 18.4 Å². The lowest BCUT2D eigenvalue weighted by Gasteiger charge is -2.23. The lowest BCUT2D eigenvalue weighted by molar-refractivity contribution is -0.131. The first-order chi connectivity index (χ1) is 12.3. The van der Waals surface area contributed by atoms with Crippen molar-refractivity contribution >= 4 is 29.1 Å². The molecule has 2 amide bonds. The molecule has 2 heterocycles. The maximum absolute atomic E-state index is 13.4. The molecular weight excluding hydrogens is 366 g/mol. The van der Waals surface area contributed by atoms with E-state index in [4.69, 9.17) is 11.6 Å². The third kappa shape index (κ3) is 3.80. The Balaban J connectivity index is 1.71. The van der Waals surface area contributed by atoms with Crippen LogP contribution in [0, 0.1) is 17.0 Å². The van der Waals surface area contributed by atoms with E-state index in [1.54, 1.807) is 13.0 Å². The summed E-state index contributed by atoms with van der Waals surface area (Å²) in [6, 6.07) is 4.46. The molecule has 6 nitrogen and oxygen atoms in total. The number of amides is 2. The third-order valence-corrected chi connectivity index (χ3v) is 4.35. The number of hydrogen-bond acceptors (Lipinski definition) is 4. The Kier molecular flexibility index (Phi) is 4.86. The highest BCUT2D eigenvalue weighted by molar-refractivity contribution is 6.28. The molecule has 0 saturated carbocycles. The van der Waals surface area contributed by atoms with Gasteiger partial charge in [0.2, 0.25) is 17.1 Å². The van der Waals surface area contributed by atoms with Crippen molar-refractivity contribution in [1.82, 2.24) is 15.3 Å². The summed E-state index contributed by atoms with van der Waals surface area (Å²) < 4.78 is 26.8. The number of benzene rings is 1. The minimum atomic E-state index is -1.03. The molecule has 26 heavy (non-hydrogen) atoms. The molecule has 1 saturated heterocycles. The Bertz CT molecular complexity index is 859. The Morgan fingerprint density at radius 1 is 1.35 bits per heavy atom. The fourth-order valence-corrected chi connectivity index (χ4v) is 3.02. The van der Waals surface area contributed by atoms with Crippen molar-refractivity contribution in [3.05, 3.63) is 53.1 Å². The summed E-state index contributed by atoms with van der Waals surface area (Å²) >= 11 is 5.70. The topological polar surface area (TPSA) is 75.2 Å². The lowest BCUT2D eigenvalue weighted by Crippen LogP contribution is -2.40. The van der Waals surface area contributed by atoms with E-state index in [2.05, 4.69) is 15.3 Å². The molecule has 0 bridgehead atoms. The number of halogens is 3. The van der Waals surface area contributed by atoms with Crippen LogP contribution in [0.3, 0.4) is 0 Å². The van der Waals surface area contributed by atoms with Gasteiger partial charge in [0.15, 0.2) is 0 Å². The van der Waals surface area contributed by atoms with Crippen LogP contribution >= 0.6 is 11.6 Å². The van der Waals surface area contributed by atoms with E-state index in [1.807, 2.05) is 0 Å². The molecule has 0 radical (unpaired) electrons. The van der Waals surface area contributed by atoms with Crippen LogP contribution in [0.25, 0.3) is 0 Å². The fraction of sp³-hybridized carbons (Fsp3) is 0.294. The molecule has 1 fully saturated rings. The molecule has 1 aromatic carbocycles. The van der Waals surface area contributed by atoms with E-state index in [0.717, 1.165) is 18.2 Å². The first-order valence-corrected chi connectivity index (χ1v) is 8.17. The Morgan fingerprint density at radius 3 is 2.69 bits per heavy atom. The number of aromatic nitrogens is 2. The van der Waals surface area contributed by atoms with E-state index in [0.29, 0.717) is 5.69 Å². The first kappa shape index (κ1) is 18.2. The zero-order valence-electron chi connectivity index (χ0n) is 13.8. The summed E-state index contributed by atoms with van der Waals surface area (Å²) in [5, 5.41) is 2.78. The second-order valence-electron chi connectivity index (χ2n) is 6.34. The molecule has 1 aliphatic heterocycles. The first-order valence-electron chi connectivity index (χ1n) is 7.79. The van der Waals surface area contributed by atoms with Crippen LogP contribution in [0.15, 0.2) is 30.5 Å². The number of nitrogens with zero attached hydrogens (tertiary/aromatic N) is 3. The lowest BCUT2D eigenvalue weighted by atomic mass is 9.88. The number of hydrogen-bond donors (Lipinski definition) is 1. The maximum atomic E-state index is 13.4. The molecule has 0 aliphatic carbocycles. The summed E-state index contributed by atoms with van der Waals surface area (Å²) in [4.78, 5) is 33.8. The van der Waals surface area contributed by atoms with Gasteiger partial charge >= 0.3 is 0 Å². The molecule has 1 aromatic heterocycles. The van der Waals surface area contributed by atoms with Crippen LogP contribution in [0.5, 0.6) is 0 Å². The number of nitrogens with one attached hydrogen (secondary N) is 1. The van der Waals surface area contributed by atoms with Crippen LogP contribution in [0.4, 0.5) is 14.5 Å². The van der Waals surface area contributed by atoms with Crippen molar-refractivity contribution in [3.63, 3.8) is 0 Å². The highest BCUT2D eigenvalue weighted by Crippen LogP contribution is 2.35. The molecule has 1 atom stereocenters. The summed E-state index contributed by atoms with van der Waals surface area (Å²) in [7, 11) is 0. The van der Waals surface area contributed by atoms with Crippen LogP contribution in [0.2, 0.25) is 5.28 Å². The molecule has 2 aromatic rings. The normalized spacial score (nSPS) is 19.7. The fourth-order valence-electron chi connectivity index (χ4n) is 2.86. The monoisotopic (exact) mass is 380 g/mol. The largest absolute Gasteiger partial charge is 0.350 e. The van der Waals surface area contributed by atoms with Gasteiger partial charge in [-0.05, 0) is 36.7 Å². The second kappa shape index (κ2) is 6.95. The van der Waals surface area contributed by atoms with Crippen LogP contribution in [-0.2, 0) is 16.1 Å². The SMILES string of the molecule is CC1(C(=O)NCc2ccnc(Cl)n2)CC(=O)N(c2cc(F)cc(F)c2)C1. The van der Waals surface area contributed by atoms with Gasteiger partial charge in [-0.15, -0.1) is 0 Å². The van der Waals surface area contributed by atoms with Crippen molar-refractivity contribution in [2.45, 2.75) is 19.9 Å². The van der Waals surface area contributed by atoms with Crippen LogP contribution < -0.4 is 10.2 Å². The number of carbonyl (C=O) groups is 2. The Morgan fingerprint density at radius 2 is 2.04 bits per heavy atom. The number of rotatable bonds is 4. The Hall–Kier alpha value is -2.61. The van der Waals surface area contributed by atoms with Gasteiger partial charge in [-0.25, -0.2) is 18.7 Å². The highest BCUT2D eigenvalue weighted by Gasteiger charge is 2.45. The third-order valence-electron chi connectivity index (χ3n) is 4.17. The average Bonchev–Trinajstić information content (AvgIpc) is 2.88. The van der Waals surface area contributed by atoms with Crippen molar-refractivity contribution < 1.29 is 18.4 Å². The van der Waals surface area contributed by atoms with Crippen molar-refractivity contribution in [1.29, 1.82) is 0 Å². The van der Waals surface area contributed by atoms with E-state index < -0.39 is 17.0 Å². The Labute approximate surface area is 153 Å².